The molecule has 0 atom stereocenters. The Balaban J connectivity index is 1.62. The highest BCUT2D eigenvalue weighted by Crippen LogP contribution is 2.31. The molecule has 0 aliphatic carbocycles. The third-order valence-electron chi connectivity index (χ3n) is 6.23. The molecule has 0 aliphatic rings. The Morgan fingerprint density at radius 2 is 1.97 bits per heavy atom. The maximum absolute atomic E-state index is 13.6. The molecule has 0 saturated carbocycles. The van der Waals surface area contributed by atoms with E-state index in [2.05, 4.69) is 20.2 Å². The molecule has 0 aliphatic heterocycles. The monoisotopic (exact) mass is 471 g/mol. The van der Waals surface area contributed by atoms with Crippen molar-refractivity contribution < 1.29 is 14.4 Å². The number of nitrogen functional groups attached to an aromatic ring is 1. The minimum Gasteiger partial charge on any atom is -0.508 e. The lowest BCUT2D eigenvalue weighted by Crippen LogP contribution is -2.27. The highest BCUT2D eigenvalue weighted by Gasteiger charge is 2.22. The average molecular weight is 472 g/mol. The first-order valence-corrected chi connectivity index (χ1v) is 11.2. The van der Waals surface area contributed by atoms with Crippen LogP contribution in [0.1, 0.15) is 34.2 Å². The summed E-state index contributed by atoms with van der Waals surface area (Å²) in [6.07, 6.45) is 1.78. The van der Waals surface area contributed by atoms with E-state index < -0.39 is 0 Å². The smallest absolute Gasteiger partial charge is 0.273 e. The molecule has 2 aromatic carbocycles. The molecule has 1 amide bonds. The number of aromatic hydroxyl groups is 1. The lowest BCUT2D eigenvalue weighted by atomic mass is 10.0. The van der Waals surface area contributed by atoms with E-state index in [4.69, 9.17) is 10.3 Å². The summed E-state index contributed by atoms with van der Waals surface area (Å²) in [4.78, 5) is 24.6. The third kappa shape index (κ3) is 3.82. The molecule has 3 heterocycles. The van der Waals surface area contributed by atoms with Gasteiger partial charge in [-0.3, -0.25) is 9.48 Å². The van der Waals surface area contributed by atoms with Gasteiger partial charge in [0.2, 0.25) is 0 Å². The van der Waals surface area contributed by atoms with E-state index in [9.17, 15) is 9.90 Å². The number of nitrogens with two attached hydrogens (primary N) is 1. The molecule has 0 unspecified atom stereocenters. The fourth-order valence-corrected chi connectivity index (χ4v) is 4.21. The Hall–Kier alpha value is -4.47. The molecule has 178 valence electrons. The number of fused-ring (bicyclic) bond motifs is 2. The van der Waals surface area contributed by atoms with E-state index in [1.807, 2.05) is 37.6 Å². The number of carbonyl (C=O) groups excluding carboxylic acids is 1. The van der Waals surface area contributed by atoms with Crippen molar-refractivity contribution in [3.05, 3.63) is 59.0 Å². The number of amides is 1. The van der Waals surface area contributed by atoms with E-state index in [0.717, 1.165) is 23.4 Å². The van der Waals surface area contributed by atoms with E-state index in [1.165, 1.54) is 12.1 Å². The fraction of sp³-hybridized carbons (Fsp3) is 0.240. The third-order valence-corrected chi connectivity index (χ3v) is 6.23. The Labute approximate surface area is 201 Å². The maximum atomic E-state index is 13.6. The number of nitrogens with zero attached hydrogens (tertiary/aromatic N) is 6. The summed E-state index contributed by atoms with van der Waals surface area (Å²) in [5.74, 6) is 0.373. The highest BCUT2D eigenvalue weighted by atomic mass is 16.5. The van der Waals surface area contributed by atoms with Crippen LogP contribution in [0.25, 0.3) is 33.3 Å². The van der Waals surface area contributed by atoms with Crippen LogP contribution in [0.5, 0.6) is 5.75 Å². The number of phenolic OH excluding ortho intramolecular Hbond substituents is 1. The quantitative estimate of drug-likeness (QED) is 0.395. The van der Waals surface area contributed by atoms with Crippen LogP contribution in [-0.4, -0.2) is 47.9 Å². The van der Waals surface area contributed by atoms with E-state index >= 15 is 0 Å². The van der Waals surface area contributed by atoms with Gasteiger partial charge in [-0.25, -0.2) is 9.97 Å². The van der Waals surface area contributed by atoms with Crippen molar-refractivity contribution in [1.82, 2.24) is 29.8 Å². The summed E-state index contributed by atoms with van der Waals surface area (Å²) in [5.41, 5.74) is 10.8. The molecular weight excluding hydrogens is 446 g/mol. The van der Waals surface area contributed by atoms with Crippen molar-refractivity contribution in [2.75, 3.05) is 12.8 Å². The zero-order chi connectivity index (χ0) is 24.9. The predicted molar refractivity (Wildman–Crippen MR) is 132 cm³/mol. The first-order valence-electron chi connectivity index (χ1n) is 11.2. The van der Waals surface area contributed by atoms with Crippen molar-refractivity contribution in [3.8, 4) is 17.1 Å². The molecular formula is C25H25N7O3. The zero-order valence-electron chi connectivity index (χ0n) is 19.9. The second-order valence-electron chi connectivity index (χ2n) is 8.56. The van der Waals surface area contributed by atoms with Gasteiger partial charge in [0.25, 0.3) is 5.91 Å². The number of hydrogen-bond acceptors (Lipinski definition) is 8. The lowest BCUT2D eigenvalue weighted by Gasteiger charge is -2.18. The molecule has 0 saturated heterocycles. The van der Waals surface area contributed by atoms with E-state index in [1.54, 1.807) is 24.2 Å². The molecule has 0 spiro atoms. The number of anilines is 1. The van der Waals surface area contributed by atoms with Crippen LogP contribution in [0.15, 0.2) is 41.1 Å². The van der Waals surface area contributed by atoms with Gasteiger partial charge in [-0.05, 0) is 56.7 Å². The van der Waals surface area contributed by atoms with Crippen LogP contribution in [0.4, 0.5) is 5.82 Å². The standard InChI is InChI=1S/C25H25N7O3/c1-5-32-14(3)15(11-27-32)12-31(4)25(34)22-18-9-16(33)6-7-20(18)28-24(29-22)17-10-19-21(8-13(17)2)35-30-23(19)26/h6-11,33H,5,12H2,1-4H3,(H2,26,30). The maximum Gasteiger partial charge on any atom is 0.273 e. The first-order chi connectivity index (χ1) is 16.8. The normalized spacial score (nSPS) is 11.4. The van der Waals surface area contributed by atoms with Crippen molar-refractivity contribution in [2.24, 2.45) is 0 Å². The lowest BCUT2D eigenvalue weighted by molar-refractivity contribution is 0.0781. The largest absolute Gasteiger partial charge is 0.508 e. The van der Waals surface area contributed by atoms with Crippen molar-refractivity contribution in [1.29, 1.82) is 0 Å². The summed E-state index contributed by atoms with van der Waals surface area (Å²) in [6, 6.07) is 8.35. The minimum atomic E-state index is -0.295. The Kier molecular flexibility index (Phi) is 5.35. The summed E-state index contributed by atoms with van der Waals surface area (Å²) in [6.45, 7) is 7.02. The van der Waals surface area contributed by atoms with Gasteiger partial charge in [0.05, 0.1) is 17.1 Å². The second-order valence-corrected chi connectivity index (χ2v) is 8.56. The fourth-order valence-electron chi connectivity index (χ4n) is 4.21. The number of phenols is 1. The number of rotatable bonds is 5. The molecule has 0 bridgehead atoms. The minimum absolute atomic E-state index is 0.0282. The molecule has 35 heavy (non-hydrogen) atoms. The van der Waals surface area contributed by atoms with Gasteiger partial charge in [0.15, 0.2) is 17.2 Å². The zero-order valence-corrected chi connectivity index (χ0v) is 19.9. The Bertz CT molecular complexity index is 1600. The predicted octanol–water partition coefficient (Wildman–Crippen LogP) is 3.83. The van der Waals surface area contributed by atoms with Gasteiger partial charge in [-0.1, -0.05) is 5.16 Å². The van der Waals surface area contributed by atoms with Crippen LogP contribution >= 0.6 is 0 Å². The van der Waals surface area contributed by atoms with Gasteiger partial charge in [-0.15, -0.1) is 0 Å². The molecule has 10 nitrogen and oxygen atoms in total. The SMILES string of the molecule is CCn1ncc(CN(C)C(=O)c2nc(-c3cc4c(N)noc4cc3C)nc3ccc(O)cc23)c1C. The van der Waals surface area contributed by atoms with Gasteiger partial charge in [-0.2, -0.15) is 5.10 Å². The molecule has 10 heteroatoms. The Morgan fingerprint density at radius 3 is 2.71 bits per heavy atom. The number of hydrogen-bond donors (Lipinski definition) is 2. The molecule has 3 aromatic heterocycles. The van der Waals surface area contributed by atoms with Crippen molar-refractivity contribution >= 4 is 33.6 Å². The van der Waals surface area contributed by atoms with Gasteiger partial charge in [0.1, 0.15) is 11.4 Å². The van der Waals surface area contributed by atoms with Crippen LogP contribution in [-0.2, 0) is 13.1 Å². The number of benzene rings is 2. The average Bonchev–Trinajstić information content (AvgIpc) is 3.38. The first kappa shape index (κ1) is 22.3. The van der Waals surface area contributed by atoms with Crippen LogP contribution < -0.4 is 5.73 Å². The summed E-state index contributed by atoms with van der Waals surface area (Å²) in [7, 11) is 1.72. The molecule has 5 rings (SSSR count). The van der Waals surface area contributed by atoms with Gasteiger partial charge < -0.3 is 20.3 Å². The van der Waals surface area contributed by atoms with Crippen LogP contribution in [0, 0.1) is 13.8 Å². The van der Waals surface area contributed by atoms with Gasteiger partial charge in [0, 0.05) is 42.3 Å². The number of carbonyl (C=O) groups is 1. The molecule has 0 fully saturated rings. The summed E-state index contributed by atoms with van der Waals surface area (Å²) in [5, 5.41) is 19.4. The van der Waals surface area contributed by atoms with Crippen molar-refractivity contribution in [2.45, 2.75) is 33.9 Å². The number of aromatic nitrogens is 5. The summed E-state index contributed by atoms with van der Waals surface area (Å²) >= 11 is 0. The van der Waals surface area contributed by atoms with E-state index in [-0.39, 0.29) is 23.2 Å². The van der Waals surface area contributed by atoms with Gasteiger partial charge >= 0.3 is 0 Å². The van der Waals surface area contributed by atoms with Crippen molar-refractivity contribution in [3.63, 3.8) is 0 Å². The van der Waals surface area contributed by atoms with Crippen LogP contribution in [0.3, 0.4) is 0 Å². The molecule has 3 N–H and O–H groups in total. The molecule has 5 aromatic rings. The highest BCUT2D eigenvalue weighted by molar-refractivity contribution is 6.05. The Morgan fingerprint density at radius 1 is 1.17 bits per heavy atom. The summed E-state index contributed by atoms with van der Waals surface area (Å²) < 4.78 is 7.15. The molecule has 0 radical (unpaired) electrons. The van der Waals surface area contributed by atoms with E-state index in [0.29, 0.717) is 39.8 Å². The number of aryl methyl sites for hydroxylation is 2. The second kappa shape index (κ2) is 8.39. The topological polar surface area (TPSA) is 136 Å². The van der Waals surface area contributed by atoms with Crippen LogP contribution in [0.2, 0.25) is 0 Å².